The molecule has 1 aromatic rings. The van der Waals surface area contributed by atoms with Gasteiger partial charge in [-0.25, -0.2) is 0 Å². The van der Waals surface area contributed by atoms with E-state index in [1.807, 2.05) is 0 Å². The van der Waals surface area contributed by atoms with Crippen molar-refractivity contribution in [2.45, 2.75) is 44.4 Å². The molecule has 1 aromatic carbocycles. The third-order valence-corrected chi connectivity index (χ3v) is 9.41. The largest absolute Gasteiger partial charge is 0.510 e. The van der Waals surface area contributed by atoms with E-state index in [1.165, 1.54) is 17.0 Å². The maximum Gasteiger partial charge on any atom is 0.255 e. The van der Waals surface area contributed by atoms with Crippen molar-refractivity contribution < 1.29 is 39.6 Å². The number of aliphatic hydroxyl groups is 3. The van der Waals surface area contributed by atoms with Gasteiger partial charge in [-0.1, -0.05) is 0 Å². The third-order valence-electron chi connectivity index (χ3n) is 9.41. The molecule has 1 heterocycles. The minimum Gasteiger partial charge on any atom is -0.510 e. The third kappa shape index (κ3) is 4.44. The number of benzene rings is 1. The van der Waals surface area contributed by atoms with Crippen LogP contribution in [0.25, 0.3) is 0 Å². The first kappa shape index (κ1) is 29.9. The van der Waals surface area contributed by atoms with E-state index in [1.54, 1.807) is 14.1 Å². The number of amides is 1. The zero-order valence-corrected chi connectivity index (χ0v) is 24.3. The zero-order chi connectivity index (χ0) is 30.8. The fourth-order valence-electron chi connectivity index (χ4n) is 7.24. The molecule has 0 aromatic heterocycles. The predicted molar refractivity (Wildman–Crippen MR) is 151 cm³/mol. The fourth-order valence-corrected chi connectivity index (χ4v) is 7.24. The normalized spacial score (nSPS) is 28.7. The van der Waals surface area contributed by atoms with Crippen molar-refractivity contribution in [1.82, 2.24) is 14.7 Å². The van der Waals surface area contributed by atoms with Gasteiger partial charge in [0.15, 0.2) is 17.2 Å². The molecule has 0 saturated carbocycles. The van der Waals surface area contributed by atoms with Gasteiger partial charge in [-0.3, -0.25) is 33.9 Å². The Morgan fingerprint density at radius 2 is 1.74 bits per heavy atom. The van der Waals surface area contributed by atoms with Crippen molar-refractivity contribution >= 4 is 23.3 Å². The van der Waals surface area contributed by atoms with Crippen LogP contribution in [0.3, 0.4) is 0 Å². The number of nitrogens with zero attached hydrogens (tertiary/aromatic N) is 3. The van der Waals surface area contributed by atoms with E-state index in [0.717, 1.165) is 26.2 Å². The maximum atomic E-state index is 13.9. The van der Waals surface area contributed by atoms with Gasteiger partial charge in [0, 0.05) is 49.3 Å². The molecule has 6 N–H and O–H groups in total. The molecule has 226 valence electrons. The molecule has 1 saturated heterocycles. The van der Waals surface area contributed by atoms with Gasteiger partial charge in [0.05, 0.1) is 18.2 Å². The summed E-state index contributed by atoms with van der Waals surface area (Å²) in [5, 5.41) is 44.8. The molecule has 0 unspecified atom stereocenters. The summed E-state index contributed by atoms with van der Waals surface area (Å²) < 4.78 is 0. The lowest BCUT2D eigenvalue weighted by molar-refractivity contribution is -0.148. The number of aromatic hydroxyl groups is 1. The van der Waals surface area contributed by atoms with Crippen molar-refractivity contribution in [3.63, 3.8) is 0 Å². The van der Waals surface area contributed by atoms with E-state index in [0.29, 0.717) is 17.2 Å². The number of nitrogens with two attached hydrogens (primary N) is 1. The second-order valence-electron chi connectivity index (χ2n) is 12.3. The van der Waals surface area contributed by atoms with Crippen LogP contribution in [0.2, 0.25) is 0 Å². The van der Waals surface area contributed by atoms with Gasteiger partial charge in [-0.15, -0.1) is 0 Å². The quantitative estimate of drug-likeness (QED) is 0.230. The molecule has 12 nitrogen and oxygen atoms in total. The van der Waals surface area contributed by atoms with Crippen LogP contribution in [0.4, 0.5) is 0 Å². The Hall–Kier alpha value is -3.58. The summed E-state index contributed by atoms with van der Waals surface area (Å²) >= 11 is 0. The van der Waals surface area contributed by atoms with Gasteiger partial charge < -0.3 is 26.2 Å². The molecule has 4 aliphatic rings. The number of primary amides is 1. The van der Waals surface area contributed by atoms with E-state index in [2.05, 4.69) is 23.6 Å². The Morgan fingerprint density at radius 3 is 2.31 bits per heavy atom. The Labute approximate surface area is 243 Å². The Bertz CT molecular complexity index is 1440. The highest BCUT2D eigenvalue weighted by Crippen LogP contribution is 2.52. The number of aliphatic hydroxyl groups excluding tert-OH is 2. The highest BCUT2D eigenvalue weighted by Gasteiger charge is 2.63. The number of phenols is 1. The van der Waals surface area contributed by atoms with Gasteiger partial charge >= 0.3 is 0 Å². The van der Waals surface area contributed by atoms with E-state index < -0.39 is 58.0 Å². The van der Waals surface area contributed by atoms with Gasteiger partial charge in [0.1, 0.15) is 22.8 Å². The average Bonchev–Trinajstić information content (AvgIpc) is 2.90. The Morgan fingerprint density at radius 1 is 1.10 bits per heavy atom. The number of allylic oxidation sites excluding steroid dienone is 1. The number of likely N-dealkylation sites (N-methyl/N-ethyl adjacent to an activating group) is 1. The van der Waals surface area contributed by atoms with Crippen LogP contribution >= 0.6 is 0 Å². The lowest BCUT2D eigenvalue weighted by Crippen LogP contribution is -2.63. The molecule has 1 amide bonds. The minimum atomic E-state index is -2.70. The van der Waals surface area contributed by atoms with Crippen LogP contribution in [0.5, 0.6) is 5.75 Å². The molecule has 0 spiro atoms. The predicted octanol–water partition coefficient (Wildman–Crippen LogP) is 0.329. The van der Waals surface area contributed by atoms with Crippen LogP contribution in [0, 0.1) is 11.8 Å². The van der Waals surface area contributed by atoms with Crippen LogP contribution in [0.15, 0.2) is 34.8 Å². The standard InChI is InChI=1S/C30H38N4O8/c1-14(2)34-9-7-33(8-10-34)13-20(36)16-5-6-19(35)22-17(16)11-15-12-18-24(32(3)4)26(38)23(29(31)41)28(40)30(18,42)27(39)21(15)25(22)37/h5-6,14-15,18,24,35,38-39,42H,7-13H2,1-4H3,(H2,31,41)/t15-,18-,24-,30-/m0/s1. The lowest BCUT2D eigenvalue weighted by atomic mass is 9.58. The molecule has 0 radical (unpaired) electrons. The number of piperazine rings is 1. The van der Waals surface area contributed by atoms with E-state index in [4.69, 9.17) is 5.73 Å². The smallest absolute Gasteiger partial charge is 0.255 e. The molecule has 12 heteroatoms. The molecule has 1 aliphatic heterocycles. The molecular formula is C30H38N4O8. The maximum absolute atomic E-state index is 13.9. The Kier molecular flexibility index (Phi) is 7.55. The number of hydrogen-bond donors (Lipinski definition) is 5. The number of phenolic OH excluding ortho intramolecular Hbond substituents is 1. The van der Waals surface area contributed by atoms with E-state index >= 15 is 0 Å². The average molecular weight is 583 g/mol. The fraction of sp³-hybridized carbons (Fsp3) is 0.533. The summed E-state index contributed by atoms with van der Waals surface area (Å²) in [6.07, 6.45) is 0.0390. The summed E-state index contributed by atoms with van der Waals surface area (Å²) in [5.74, 6) is -7.38. The highest BCUT2D eigenvalue weighted by molar-refractivity contribution is 6.25. The first-order chi connectivity index (χ1) is 19.7. The summed E-state index contributed by atoms with van der Waals surface area (Å²) in [5.41, 5.74) is 2.04. The molecule has 1 fully saturated rings. The van der Waals surface area contributed by atoms with E-state index in [9.17, 15) is 39.6 Å². The molecule has 4 atom stereocenters. The van der Waals surface area contributed by atoms with Crippen LogP contribution in [-0.2, 0) is 16.0 Å². The van der Waals surface area contributed by atoms with Crippen molar-refractivity contribution in [3.8, 4) is 5.75 Å². The second-order valence-corrected chi connectivity index (χ2v) is 12.3. The summed E-state index contributed by atoms with van der Waals surface area (Å²) in [7, 11) is 3.15. The molecule has 3 aliphatic carbocycles. The van der Waals surface area contributed by atoms with Crippen molar-refractivity contribution in [1.29, 1.82) is 0 Å². The molecular weight excluding hydrogens is 544 g/mol. The first-order valence-electron chi connectivity index (χ1n) is 14.2. The number of ketones is 3. The number of rotatable bonds is 6. The zero-order valence-electron chi connectivity index (χ0n) is 24.3. The summed E-state index contributed by atoms with van der Waals surface area (Å²) in [6.45, 7) is 7.51. The first-order valence-corrected chi connectivity index (χ1v) is 14.2. The number of Topliss-reactive ketones (excluding diaryl/α,β-unsaturated/α-hetero) is 3. The number of carbonyl (C=O) groups excluding carboxylic acids is 4. The lowest BCUT2D eigenvalue weighted by Gasteiger charge is -2.50. The molecule has 42 heavy (non-hydrogen) atoms. The minimum absolute atomic E-state index is 0.0355. The van der Waals surface area contributed by atoms with Crippen LogP contribution in [-0.4, -0.2) is 123 Å². The van der Waals surface area contributed by atoms with Crippen molar-refractivity contribution in [2.75, 3.05) is 46.8 Å². The summed E-state index contributed by atoms with van der Waals surface area (Å²) in [4.78, 5) is 58.9. The number of carbonyl (C=O) groups is 4. The monoisotopic (exact) mass is 582 g/mol. The second kappa shape index (κ2) is 10.6. The Balaban J connectivity index is 1.54. The van der Waals surface area contributed by atoms with Gasteiger partial charge in [0.25, 0.3) is 5.91 Å². The van der Waals surface area contributed by atoms with Crippen LogP contribution in [0.1, 0.15) is 46.5 Å². The van der Waals surface area contributed by atoms with Crippen molar-refractivity contribution in [3.05, 3.63) is 51.5 Å². The SMILES string of the molecule is CC(C)N1CCN(CC(=O)c2ccc(O)c3c2C[C@H]2C[C@H]4[C@H](N(C)C)C(O)=C(C(N)=O)C(=O)[C@@]4(O)C(O)=C2C3=O)CC1. The topological polar surface area (TPSA) is 185 Å². The van der Waals surface area contributed by atoms with Crippen LogP contribution < -0.4 is 5.73 Å². The highest BCUT2D eigenvalue weighted by atomic mass is 16.3. The van der Waals surface area contributed by atoms with Crippen molar-refractivity contribution in [2.24, 2.45) is 17.6 Å². The van der Waals surface area contributed by atoms with E-state index in [-0.39, 0.29) is 42.1 Å². The molecule has 5 rings (SSSR count). The number of hydrogen-bond acceptors (Lipinski definition) is 11. The summed E-state index contributed by atoms with van der Waals surface area (Å²) in [6, 6.07) is 2.10. The van der Waals surface area contributed by atoms with Gasteiger partial charge in [0.2, 0.25) is 5.78 Å². The van der Waals surface area contributed by atoms with Gasteiger partial charge in [-0.05, 0) is 64.4 Å². The molecule has 0 bridgehead atoms. The van der Waals surface area contributed by atoms with Gasteiger partial charge in [-0.2, -0.15) is 0 Å². The number of fused-ring (bicyclic) bond motifs is 3.